The summed E-state index contributed by atoms with van der Waals surface area (Å²) in [5.41, 5.74) is 0. The summed E-state index contributed by atoms with van der Waals surface area (Å²) >= 11 is 0. The molecule has 1 aliphatic rings. The number of ether oxygens (including phenoxy) is 1. The van der Waals surface area contributed by atoms with Gasteiger partial charge in [-0.3, -0.25) is 14.9 Å². The summed E-state index contributed by atoms with van der Waals surface area (Å²) in [4.78, 5) is 33.8. The molecular formula is C12H20N2O4. The van der Waals surface area contributed by atoms with Crippen LogP contribution in [0.2, 0.25) is 0 Å². The number of Topliss-reactive ketones (excluding diaryl/α,β-unsaturated/α-hetero) is 1. The molecule has 2 N–H and O–H groups in total. The second kappa shape index (κ2) is 7.10. The molecule has 1 atom stereocenters. The number of nitrogens with one attached hydrogen (secondary N) is 2. The third kappa shape index (κ3) is 4.83. The molecule has 6 heteroatoms. The topological polar surface area (TPSA) is 84.5 Å². The highest BCUT2D eigenvalue weighted by atomic mass is 16.5. The minimum atomic E-state index is -0.689. The third-order valence-electron chi connectivity index (χ3n) is 2.83. The predicted molar refractivity (Wildman–Crippen MR) is 65.0 cm³/mol. The highest BCUT2D eigenvalue weighted by molar-refractivity contribution is 5.96. The molecule has 0 aromatic heterocycles. The number of hydrogen-bond donors (Lipinski definition) is 2. The van der Waals surface area contributed by atoms with Gasteiger partial charge >= 0.3 is 6.03 Å². The van der Waals surface area contributed by atoms with Gasteiger partial charge < -0.3 is 10.1 Å². The molecule has 0 saturated heterocycles. The highest BCUT2D eigenvalue weighted by Gasteiger charge is 2.24. The Hall–Kier alpha value is -1.43. The molecule has 1 fully saturated rings. The standard InChI is InChI=1S/C12H20N2O4/c1-3-13-12(17)14-11(16)8(2)18-10-6-4-9(15)5-7-10/h8,10H,3-7H2,1-2H3,(H2,13,14,16,17). The molecule has 1 aliphatic carbocycles. The smallest absolute Gasteiger partial charge is 0.321 e. The van der Waals surface area contributed by atoms with E-state index in [9.17, 15) is 14.4 Å². The fourth-order valence-electron chi connectivity index (χ4n) is 1.82. The quantitative estimate of drug-likeness (QED) is 0.777. The molecule has 0 aliphatic heterocycles. The van der Waals surface area contributed by atoms with Crippen molar-refractivity contribution in [2.45, 2.75) is 51.7 Å². The van der Waals surface area contributed by atoms with Gasteiger partial charge in [-0.15, -0.1) is 0 Å². The van der Waals surface area contributed by atoms with Crippen LogP contribution in [0.4, 0.5) is 4.79 Å². The van der Waals surface area contributed by atoms with Gasteiger partial charge in [-0.1, -0.05) is 0 Å². The van der Waals surface area contributed by atoms with Gasteiger partial charge in [-0.2, -0.15) is 0 Å². The average molecular weight is 256 g/mol. The van der Waals surface area contributed by atoms with Crippen molar-refractivity contribution in [3.8, 4) is 0 Å². The van der Waals surface area contributed by atoms with Crippen LogP contribution in [0.5, 0.6) is 0 Å². The van der Waals surface area contributed by atoms with E-state index in [0.717, 1.165) is 0 Å². The van der Waals surface area contributed by atoms with Crippen LogP contribution < -0.4 is 10.6 Å². The second-order valence-electron chi connectivity index (χ2n) is 4.37. The van der Waals surface area contributed by atoms with E-state index < -0.39 is 18.0 Å². The van der Waals surface area contributed by atoms with Crippen molar-refractivity contribution >= 4 is 17.7 Å². The van der Waals surface area contributed by atoms with Crippen molar-refractivity contribution in [1.29, 1.82) is 0 Å². The van der Waals surface area contributed by atoms with Gasteiger partial charge in [0.05, 0.1) is 6.10 Å². The zero-order chi connectivity index (χ0) is 13.5. The van der Waals surface area contributed by atoms with Crippen molar-refractivity contribution in [3.05, 3.63) is 0 Å². The van der Waals surface area contributed by atoms with Gasteiger partial charge in [0, 0.05) is 19.4 Å². The van der Waals surface area contributed by atoms with Crippen molar-refractivity contribution in [1.82, 2.24) is 10.6 Å². The molecule has 102 valence electrons. The van der Waals surface area contributed by atoms with E-state index in [1.165, 1.54) is 0 Å². The van der Waals surface area contributed by atoms with Crippen molar-refractivity contribution in [3.63, 3.8) is 0 Å². The Morgan fingerprint density at radius 3 is 2.56 bits per heavy atom. The molecule has 1 unspecified atom stereocenters. The van der Waals surface area contributed by atoms with E-state index in [2.05, 4.69) is 10.6 Å². The maximum absolute atomic E-state index is 11.6. The fraction of sp³-hybridized carbons (Fsp3) is 0.750. The molecule has 0 aromatic carbocycles. The molecule has 0 heterocycles. The van der Waals surface area contributed by atoms with E-state index in [1.54, 1.807) is 13.8 Å². The van der Waals surface area contributed by atoms with Crippen LogP contribution in [0, 0.1) is 0 Å². The minimum Gasteiger partial charge on any atom is -0.365 e. The van der Waals surface area contributed by atoms with Crippen LogP contribution in [0.1, 0.15) is 39.5 Å². The minimum absolute atomic E-state index is 0.0716. The molecule has 0 aromatic rings. The number of carbonyl (C=O) groups is 3. The van der Waals surface area contributed by atoms with Crippen LogP contribution in [0.25, 0.3) is 0 Å². The summed E-state index contributed by atoms with van der Waals surface area (Å²) in [6.45, 7) is 3.83. The molecule has 0 spiro atoms. The molecule has 3 amide bonds. The number of imide groups is 1. The molecular weight excluding hydrogens is 236 g/mol. The van der Waals surface area contributed by atoms with Gasteiger partial charge in [0.15, 0.2) is 0 Å². The van der Waals surface area contributed by atoms with Gasteiger partial charge in [0.2, 0.25) is 0 Å². The summed E-state index contributed by atoms with van der Waals surface area (Å²) in [7, 11) is 0. The zero-order valence-corrected chi connectivity index (χ0v) is 10.8. The number of rotatable bonds is 4. The number of hydrogen-bond acceptors (Lipinski definition) is 4. The first-order valence-corrected chi connectivity index (χ1v) is 6.28. The Balaban J connectivity index is 2.31. The number of urea groups is 1. The van der Waals surface area contributed by atoms with Crippen LogP contribution in [0.3, 0.4) is 0 Å². The first kappa shape index (κ1) is 14.6. The lowest BCUT2D eigenvalue weighted by atomic mass is 9.96. The van der Waals surface area contributed by atoms with Crippen LogP contribution in [-0.2, 0) is 14.3 Å². The van der Waals surface area contributed by atoms with E-state index in [1.807, 2.05) is 0 Å². The van der Waals surface area contributed by atoms with E-state index in [-0.39, 0.29) is 11.9 Å². The lowest BCUT2D eigenvalue weighted by molar-refractivity contribution is -0.137. The van der Waals surface area contributed by atoms with Crippen molar-refractivity contribution < 1.29 is 19.1 Å². The first-order chi connectivity index (χ1) is 8.52. The molecule has 1 rings (SSSR count). The van der Waals surface area contributed by atoms with Gasteiger partial charge in [0.25, 0.3) is 5.91 Å². The maximum atomic E-state index is 11.6. The van der Waals surface area contributed by atoms with Crippen molar-refractivity contribution in [2.75, 3.05) is 6.54 Å². The fourth-order valence-corrected chi connectivity index (χ4v) is 1.82. The third-order valence-corrected chi connectivity index (χ3v) is 2.83. The van der Waals surface area contributed by atoms with E-state index in [0.29, 0.717) is 32.2 Å². The summed E-state index contributed by atoms with van der Waals surface area (Å²) in [5, 5.41) is 4.67. The Labute approximate surface area is 106 Å². The Bertz CT molecular complexity index is 320. The lowest BCUT2D eigenvalue weighted by Gasteiger charge is -2.24. The number of ketones is 1. The molecule has 0 radical (unpaired) electrons. The Kier molecular flexibility index (Phi) is 5.77. The van der Waals surface area contributed by atoms with Crippen molar-refractivity contribution in [2.24, 2.45) is 0 Å². The van der Waals surface area contributed by atoms with E-state index in [4.69, 9.17) is 4.74 Å². The van der Waals surface area contributed by atoms with E-state index >= 15 is 0 Å². The van der Waals surface area contributed by atoms with Crippen LogP contribution in [0.15, 0.2) is 0 Å². The lowest BCUT2D eigenvalue weighted by Crippen LogP contribution is -2.45. The van der Waals surface area contributed by atoms with Gasteiger partial charge in [0.1, 0.15) is 11.9 Å². The van der Waals surface area contributed by atoms with Gasteiger partial charge in [-0.05, 0) is 26.7 Å². The predicted octanol–water partition coefficient (Wildman–Crippen LogP) is 0.749. The van der Waals surface area contributed by atoms with Gasteiger partial charge in [-0.25, -0.2) is 4.79 Å². The van der Waals surface area contributed by atoms with Crippen LogP contribution in [-0.4, -0.2) is 36.5 Å². The Morgan fingerprint density at radius 2 is 2.00 bits per heavy atom. The average Bonchev–Trinajstić information content (AvgIpc) is 2.32. The first-order valence-electron chi connectivity index (χ1n) is 6.28. The second-order valence-corrected chi connectivity index (χ2v) is 4.37. The summed E-state index contributed by atoms with van der Waals surface area (Å²) in [5.74, 6) is -0.216. The summed E-state index contributed by atoms with van der Waals surface area (Å²) < 4.78 is 5.54. The monoisotopic (exact) mass is 256 g/mol. The highest BCUT2D eigenvalue weighted by Crippen LogP contribution is 2.19. The molecule has 18 heavy (non-hydrogen) atoms. The summed E-state index contributed by atoms with van der Waals surface area (Å²) in [6.07, 6.45) is 1.56. The Morgan fingerprint density at radius 1 is 1.39 bits per heavy atom. The number of amides is 3. The SMILES string of the molecule is CCNC(=O)NC(=O)C(C)OC1CCC(=O)CC1. The summed E-state index contributed by atoms with van der Waals surface area (Å²) in [6, 6.07) is -0.517. The largest absolute Gasteiger partial charge is 0.365 e. The zero-order valence-electron chi connectivity index (χ0n) is 10.8. The normalized spacial score (nSPS) is 18.2. The van der Waals surface area contributed by atoms with Crippen LogP contribution >= 0.6 is 0 Å². The number of carbonyl (C=O) groups excluding carboxylic acids is 3. The maximum Gasteiger partial charge on any atom is 0.321 e. The molecule has 0 bridgehead atoms. The molecule has 6 nitrogen and oxygen atoms in total. The molecule has 1 saturated carbocycles.